The second-order valence-corrected chi connectivity index (χ2v) is 2.42. The zero-order chi connectivity index (χ0) is 9.84. The Morgan fingerprint density at radius 3 is 2.46 bits per heavy atom. The van der Waals surface area contributed by atoms with Crippen LogP contribution in [0.4, 0.5) is 0 Å². The number of hydrogen-bond acceptors (Lipinski definition) is 4. The monoisotopic (exact) mass is 183 g/mol. The number of phenolic OH excluding ortho intramolecular Hbond substituents is 2. The summed E-state index contributed by atoms with van der Waals surface area (Å²) >= 11 is 0. The molecule has 0 radical (unpaired) electrons. The smallest absolute Gasteiger partial charge is 0.157 e. The lowest BCUT2D eigenvalue weighted by Crippen LogP contribution is -2.99. The van der Waals surface area contributed by atoms with Crippen molar-refractivity contribution in [1.29, 1.82) is 0 Å². The van der Waals surface area contributed by atoms with Crippen molar-refractivity contribution in [3.8, 4) is 11.5 Å². The highest BCUT2D eigenvalue weighted by Crippen LogP contribution is 2.25. The van der Waals surface area contributed by atoms with Gasteiger partial charge in [-0.05, 0) is 17.7 Å². The highest BCUT2D eigenvalue weighted by molar-refractivity contribution is 5.54. The quantitative estimate of drug-likeness (QED) is 0.379. The lowest BCUT2D eigenvalue weighted by Gasteiger charge is -2.04. The number of nitrogens with one attached hydrogen (secondary N) is 1. The average molecular weight is 183 g/mol. The van der Waals surface area contributed by atoms with E-state index >= 15 is 0 Å². The average Bonchev–Trinajstić information content (AvgIpc) is 2.07. The largest absolute Gasteiger partial charge is 0.595 e. The van der Waals surface area contributed by atoms with Crippen LogP contribution >= 0.6 is 0 Å². The maximum absolute atomic E-state index is 10.1. The van der Waals surface area contributed by atoms with E-state index in [4.69, 9.17) is 15.4 Å². The molecule has 0 aliphatic heterocycles. The van der Waals surface area contributed by atoms with Crippen LogP contribution in [0, 0.1) is 5.21 Å². The number of phenols is 2. The van der Waals surface area contributed by atoms with Crippen molar-refractivity contribution in [2.75, 3.05) is 0 Å². The fraction of sp³-hybridized carbons (Fsp3) is 0. The summed E-state index contributed by atoms with van der Waals surface area (Å²) in [6, 6.07) is 4.06. The molecule has 13 heavy (non-hydrogen) atoms. The normalized spacial score (nSPS) is 13.4. The van der Waals surface area contributed by atoms with Crippen LogP contribution in [0.1, 0.15) is 5.56 Å². The predicted octanol–water partition coefficient (Wildman–Crippen LogP) is -0.160. The zero-order valence-corrected chi connectivity index (χ0v) is 6.64. The molecule has 0 aliphatic rings. The Morgan fingerprint density at radius 1 is 1.23 bits per heavy atom. The van der Waals surface area contributed by atoms with E-state index in [-0.39, 0.29) is 11.5 Å². The number of benzene rings is 1. The molecular weight excluding hydrogens is 174 g/mol. The van der Waals surface area contributed by atoms with Crippen molar-refractivity contribution >= 4 is 6.08 Å². The number of rotatable bonds is 2. The molecular formula is C8H9NO4. The van der Waals surface area contributed by atoms with Gasteiger partial charge in [-0.1, -0.05) is 6.07 Å². The molecule has 5 nitrogen and oxygen atoms in total. The van der Waals surface area contributed by atoms with Gasteiger partial charge in [0.1, 0.15) is 6.20 Å². The summed E-state index contributed by atoms with van der Waals surface area (Å²) < 4.78 is 0. The van der Waals surface area contributed by atoms with Gasteiger partial charge in [-0.3, -0.25) is 0 Å². The van der Waals surface area contributed by atoms with Gasteiger partial charge in [0.2, 0.25) is 0 Å². The van der Waals surface area contributed by atoms with Crippen molar-refractivity contribution in [2.24, 2.45) is 0 Å². The predicted molar refractivity (Wildman–Crippen MR) is 44.9 cm³/mol. The summed E-state index contributed by atoms with van der Waals surface area (Å²) in [6.07, 6.45) is 2.27. The molecule has 0 heterocycles. The molecule has 0 spiro atoms. The standard InChI is InChI=1S/C8H9NO4/c10-7-2-1-6(5-8(7)11)3-4-9(12)13/h1-5,9-12H. The van der Waals surface area contributed by atoms with Crippen LogP contribution in [0.2, 0.25) is 0 Å². The van der Waals surface area contributed by atoms with E-state index < -0.39 is 5.23 Å². The van der Waals surface area contributed by atoms with Crippen LogP contribution in [0.25, 0.3) is 6.08 Å². The fourth-order valence-electron chi connectivity index (χ4n) is 0.812. The minimum atomic E-state index is -1.06. The van der Waals surface area contributed by atoms with Gasteiger partial charge in [0, 0.05) is 6.08 Å². The van der Waals surface area contributed by atoms with Crippen LogP contribution in [-0.2, 0) is 0 Å². The molecule has 1 rings (SSSR count). The van der Waals surface area contributed by atoms with E-state index in [0.717, 1.165) is 6.20 Å². The Morgan fingerprint density at radius 2 is 1.92 bits per heavy atom. The maximum Gasteiger partial charge on any atom is 0.157 e. The Labute approximate surface area is 74.3 Å². The Bertz CT molecular complexity index is 322. The molecule has 0 aromatic heterocycles. The third kappa shape index (κ3) is 2.75. The highest BCUT2D eigenvalue weighted by atomic mass is 16.8. The van der Waals surface area contributed by atoms with Crippen molar-refractivity contribution < 1.29 is 20.6 Å². The Kier molecular flexibility index (Phi) is 2.86. The topological polar surface area (TPSA) is 88.2 Å². The summed E-state index contributed by atoms with van der Waals surface area (Å²) in [4.78, 5) is 0. The molecule has 0 bridgehead atoms. The first-order valence-electron chi connectivity index (χ1n) is 3.52. The third-order valence-electron chi connectivity index (χ3n) is 1.42. The van der Waals surface area contributed by atoms with Gasteiger partial charge in [0.15, 0.2) is 11.5 Å². The first-order valence-corrected chi connectivity index (χ1v) is 3.52. The van der Waals surface area contributed by atoms with Crippen molar-refractivity contribution in [3.63, 3.8) is 0 Å². The summed E-state index contributed by atoms with van der Waals surface area (Å²) in [6.45, 7) is 0. The number of quaternary nitrogens is 1. The SMILES string of the molecule is [O-][NH+](O)C=Cc1ccc(O)c(O)c1. The van der Waals surface area contributed by atoms with Gasteiger partial charge in [-0.15, -0.1) is 0 Å². The van der Waals surface area contributed by atoms with Crippen LogP contribution in [0.15, 0.2) is 24.4 Å². The molecule has 70 valence electrons. The molecule has 0 amide bonds. The minimum Gasteiger partial charge on any atom is -0.595 e. The van der Waals surface area contributed by atoms with E-state index in [9.17, 15) is 5.21 Å². The van der Waals surface area contributed by atoms with Gasteiger partial charge >= 0.3 is 0 Å². The summed E-state index contributed by atoms with van der Waals surface area (Å²) in [5.41, 5.74) is 0.512. The Hall–Kier alpha value is -1.56. The highest BCUT2D eigenvalue weighted by Gasteiger charge is 1.97. The minimum absolute atomic E-state index is 0.229. The first-order chi connectivity index (χ1) is 6.09. The summed E-state index contributed by atoms with van der Waals surface area (Å²) in [7, 11) is 0. The molecule has 0 saturated heterocycles. The molecule has 0 saturated carbocycles. The number of hydroxylamine groups is 2. The number of hydrogen-bond donors (Lipinski definition) is 4. The van der Waals surface area contributed by atoms with Gasteiger partial charge in [0.05, 0.1) is 0 Å². The molecule has 4 N–H and O–H groups in total. The van der Waals surface area contributed by atoms with Gasteiger partial charge in [0.25, 0.3) is 0 Å². The van der Waals surface area contributed by atoms with Crippen molar-refractivity contribution in [3.05, 3.63) is 35.2 Å². The van der Waals surface area contributed by atoms with Gasteiger partial charge < -0.3 is 15.4 Å². The molecule has 5 heteroatoms. The Balaban J connectivity index is 2.85. The third-order valence-corrected chi connectivity index (χ3v) is 1.42. The lowest BCUT2D eigenvalue weighted by molar-refractivity contribution is -1.00. The summed E-state index contributed by atoms with van der Waals surface area (Å²) in [5, 5.41) is 35.3. The number of aromatic hydroxyl groups is 2. The van der Waals surface area contributed by atoms with E-state index in [0.29, 0.717) is 5.56 Å². The fourth-order valence-corrected chi connectivity index (χ4v) is 0.812. The van der Waals surface area contributed by atoms with Crippen molar-refractivity contribution in [2.45, 2.75) is 0 Å². The van der Waals surface area contributed by atoms with Crippen LogP contribution < -0.4 is 5.23 Å². The van der Waals surface area contributed by atoms with Crippen LogP contribution in [0.3, 0.4) is 0 Å². The molecule has 1 atom stereocenters. The molecule has 1 aromatic rings. The van der Waals surface area contributed by atoms with E-state index in [1.807, 2.05) is 0 Å². The van der Waals surface area contributed by atoms with Crippen LogP contribution in [-0.4, -0.2) is 15.4 Å². The summed E-state index contributed by atoms with van der Waals surface area (Å²) in [5.74, 6) is -0.500. The van der Waals surface area contributed by atoms with Crippen molar-refractivity contribution in [1.82, 2.24) is 0 Å². The van der Waals surface area contributed by atoms with Gasteiger partial charge in [-0.2, -0.15) is 0 Å². The molecule has 1 aromatic carbocycles. The molecule has 0 fully saturated rings. The van der Waals surface area contributed by atoms with Gasteiger partial charge in [-0.25, -0.2) is 10.4 Å². The van der Waals surface area contributed by atoms with E-state index in [2.05, 4.69) is 0 Å². The molecule has 0 aliphatic carbocycles. The second-order valence-electron chi connectivity index (χ2n) is 2.42. The lowest BCUT2D eigenvalue weighted by atomic mass is 10.2. The van der Waals surface area contributed by atoms with E-state index in [1.54, 1.807) is 0 Å². The zero-order valence-electron chi connectivity index (χ0n) is 6.64. The maximum atomic E-state index is 10.1. The van der Waals surface area contributed by atoms with E-state index in [1.165, 1.54) is 24.3 Å². The second kappa shape index (κ2) is 3.90. The molecule has 1 unspecified atom stereocenters. The van der Waals surface area contributed by atoms with Crippen LogP contribution in [0.5, 0.6) is 11.5 Å². The first kappa shape index (κ1) is 9.53.